The third-order valence-electron chi connectivity index (χ3n) is 4.11. The number of benzene rings is 1. The molecule has 0 saturated heterocycles. The van der Waals surface area contributed by atoms with Gasteiger partial charge in [-0.1, -0.05) is 18.2 Å². The van der Waals surface area contributed by atoms with Gasteiger partial charge < -0.3 is 14.8 Å². The van der Waals surface area contributed by atoms with E-state index in [0.717, 1.165) is 21.8 Å². The zero-order valence-electron chi connectivity index (χ0n) is 15.7. The lowest BCUT2D eigenvalue weighted by Crippen LogP contribution is -2.15. The maximum atomic E-state index is 12.5. The summed E-state index contributed by atoms with van der Waals surface area (Å²) in [5.41, 5.74) is 2.27. The summed E-state index contributed by atoms with van der Waals surface area (Å²) >= 11 is 2.89. The predicted molar refractivity (Wildman–Crippen MR) is 114 cm³/mol. The van der Waals surface area contributed by atoms with Crippen LogP contribution in [0.3, 0.4) is 0 Å². The van der Waals surface area contributed by atoms with E-state index in [1.54, 1.807) is 25.4 Å². The molecule has 1 amide bonds. The van der Waals surface area contributed by atoms with Gasteiger partial charge in [-0.2, -0.15) is 0 Å². The molecule has 146 valence electrons. The van der Waals surface area contributed by atoms with E-state index in [0.29, 0.717) is 23.4 Å². The molecule has 3 aromatic rings. The number of esters is 1. The fourth-order valence-electron chi connectivity index (χ4n) is 2.71. The Morgan fingerprint density at radius 2 is 1.89 bits per heavy atom. The van der Waals surface area contributed by atoms with Crippen molar-refractivity contribution in [2.45, 2.75) is 19.8 Å². The molecule has 1 aromatic carbocycles. The molecule has 0 aliphatic carbocycles. The van der Waals surface area contributed by atoms with Gasteiger partial charge in [-0.05, 0) is 42.5 Å². The van der Waals surface area contributed by atoms with Crippen LogP contribution >= 0.6 is 22.7 Å². The van der Waals surface area contributed by atoms with Crippen LogP contribution in [0.2, 0.25) is 0 Å². The van der Waals surface area contributed by atoms with Crippen molar-refractivity contribution in [3.8, 4) is 16.2 Å². The van der Waals surface area contributed by atoms with E-state index in [9.17, 15) is 9.59 Å². The van der Waals surface area contributed by atoms with Crippen LogP contribution in [0.25, 0.3) is 10.4 Å². The SMILES string of the molecule is CCOC(=O)c1c(-c2cccs2)csc1NC(=O)CCc1ccc(OC)cc1. The Hall–Kier alpha value is -2.64. The average molecular weight is 416 g/mol. The Kier molecular flexibility index (Phi) is 6.84. The number of anilines is 1. The van der Waals surface area contributed by atoms with Crippen molar-refractivity contribution in [3.63, 3.8) is 0 Å². The molecule has 0 aliphatic heterocycles. The van der Waals surface area contributed by atoms with E-state index in [1.165, 1.54) is 11.3 Å². The fourth-order valence-corrected chi connectivity index (χ4v) is 4.50. The smallest absolute Gasteiger partial charge is 0.341 e. The van der Waals surface area contributed by atoms with Gasteiger partial charge in [-0.3, -0.25) is 4.79 Å². The number of hydrogen-bond acceptors (Lipinski definition) is 6. The Bertz CT molecular complexity index is 930. The summed E-state index contributed by atoms with van der Waals surface area (Å²) in [5.74, 6) is 0.227. The van der Waals surface area contributed by atoms with Gasteiger partial charge in [0.2, 0.25) is 5.91 Å². The lowest BCUT2D eigenvalue weighted by molar-refractivity contribution is -0.116. The third-order valence-corrected chi connectivity index (χ3v) is 5.91. The minimum atomic E-state index is -0.419. The number of carbonyl (C=O) groups is 2. The zero-order valence-corrected chi connectivity index (χ0v) is 17.3. The molecule has 0 radical (unpaired) electrons. The molecule has 0 unspecified atom stereocenters. The molecule has 0 bridgehead atoms. The number of thiophene rings is 2. The Balaban J connectivity index is 1.71. The first-order valence-electron chi connectivity index (χ1n) is 8.87. The van der Waals surface area contributed by atoms with Gasteiger partial charge in [0, 0.05) is 22.2 Å². The van der Waals surface area contributed by atoms with Gasteiger partial charge in [-0.15, -0.1) is 22.7 Å². The minimum Gasteiger partial charge on any atom is -0.497 e. The maximum absolute atomic E-state index is 12.5. The second-order valence-electron chi connectivity index (χ2n) is 5.95. The van der Waals surface area contributed by atoms with Crippen LogP contribution in [0.5, 0.6) is 5.75 Å². The molecular weight excluding hydrogens is 394 g/mol. The number of methoxy groups -OCH3 is 1. The highest BCUT2D eigenvalue weighted by molar-refractivity contribution is 7.17. The minimum absolute atomic E-state index is 0.138. The number of carbonyl (C=O) groups excluding carboxylic acids is 2. The second-order valence-corrected chi connectivity index (χ2v) is 7.77. The molecule has 5 nitrogen and oxygen atoms in total. The highest BCUT2D eigenvalue weighted by atomic mass is 32.1. The van der Waals surface area contributed by atoms with Crippen LogP contribution in [-0.2, 0) is 16.0 Å². The summed E-state index contributed by atoms with van der Waals surface area (Å²) in [4.78, 5) is 25.9. The summed E-state index contributed by atoms with van der Waals surface area (Å²) in [6.45, 7) is 2.05. The number of rotatable bonds is 8. The van der Waals surface area contributed by atoms with Crippen molar-refractivity contribution in [1.29, 1.82) is 0 Å². The zero-order chi connectivity index (χ0) is 19.9. The first-order chi connectivity index (χ1) is 13.6. The molecule has 0 fully saturated rings. The first kappa shape index (κ1) is 20.1. The van der Waals surface area contributed by atoms with Gasteiger partial charge >= 0.3 is 5.97 Å². The molecule has 0 aliphatic rings. The molecule has 0 atom stereocenters. The van der Waals surface area contributed by atoms with Crippen molar-refractivity contribution in [2.24, 2.45) is 0 Å². The lowest BCUT2D eigenvalue weighted by Gasteiger charge is -2.08. The largest absolute Gasteiger partial charge is 0.497 e. The molecule has 1 N–H and O–H groups in total. The van der Waals surface area contributed by atoms with E-state index >= 15 is 0 Å². The van der Waals surface area contributed by atoms with Crippen LogP contribution < -0.4 is 10.1 Å². The van der Waals surface area contributed by atoms with Crippen LogP contribution in [-0.4, -0.2) is 25.6 Å². The van der Waals surface area contributed by atoms with E-state index < -0.39 is 5.97 Å². The Morgan fingerprint density at radius 1 is 1.11 bits per heavy atom. The Labute approximate surface area is 171 Å². The lowest BCUT2D eigenvalue weighted by atomic mass is 10.1. The number of hydrogen-bond donors (Lipinski definition) is 1. The van der Waals surface area contributed by atoms with Crippen LogP contribution in [0.15, 0.2) is 47.2 Å². The Morgan fingerprint density at radius 3 is 2.54 bits per heavy atom. The molecule has 3 rings (SSSR count). The quantitative estimate of drug-likeness (QED) is 0.512. The molecule has 0 spiro atoms. The highest BCUT2D eigenvalue weighted by Crippen LogP contribution is 2.38. The van der Waals surface area contributed by atoms with Crippen molar-refractivity contribution < 1.29 is 19.1 Å². The van der Waals surface area contributed by atoms with Crippen LogP contribution in [0.1, 0.15) is 29.3 Å². The summed E-state index contributed by atoms with van der Waals surface area (Å²) in [6.07, 6.45) is 0.925. The molecule has 7 heteroatoms. The summed E-state index contributed by atoms with van der Waals surface area (Å²) < 4.78 is 10.3. The standard InChI is InChI=1S/C21H21NO4S2/c1-3-26-21(24)19-16(17-5-4-12-27-17)13-28-20(19)22-18(23)11-8-14-6-9-15(25-2)10-7-14/h4-7,9-10,12-13H,3,8,11H2,1-2H3,(H,22,23). The highest BCUT2D eigenvalue weighted by Gasteiger charge is 2.23. The van der Waals surface area contributed by atoms with Crippen LogP contribution in [0.4, 0.5) is 5.00 Å². The van der Waals surface area contributed by atoms with Gasteiger partial charge in [0.15, 0.2) is 0 Å². The van der Waals surface area contributed by atoms with E-state index in [2.05, 4.69) is 5.32 Å². The fraction of sp³-hybridized carbons (Fsp3) is 0.238. The van der Waals surface area contributed by atoms with Crippen molar-refractivity contribution in [2.75, 3.05) is 19.0 Å². The second kappa shape index (κ2) is 9.52. The number of ether oxygens (including phenoxy) is 2. The average Bonchev–Trinajstić information content (AvgIpc) is 3.36. The van der Waals surface area contributed by atoms with Gasteiger partial charge in [-0.25, -0.2) is 4.79 Å². The van der Waals surface area contributed by atoms with Gasteiger partial charge in [0.1, 0.15) is 16.3 Å². The van der Waals surface area contributed by atoms with Gasteiger partial charge in [0.25, 0.3) is 0 Å². The maximum Gasteiger partial charge on any atom is 0.341 e. The number of aryl methyl sites for hydroxylation is 1. The summed E-state index contributed by atoms with van der Waals surface area (Å²) in [6, 6.07) is 11.5. The first-order valence-corrected chi connectivity index (χ1v) is 10.6. The normalized spacial score (nSPS) is 10.5. The molecular formula is C21H21NO4S2. The third kappa shape index (κ3) is 4.79. The van der Waals surface area contributed by atoms with E-state index in [-0.39, 0.29) is 12.5 Å². The number of amides is 1. The molecule has 2 aromatic heterocycles. The summed E-state index contributed by atoms with van der Waals surface area (Å²) in [5, 5.41) is 7.25. The van der Waals surface area contributed by atoms with Crippen LogP contribution in [0, 0.1) is 0 Å². The molecule has 2 heterocycles. The molecule has 0 saturated carbocycles. The van der Waals surface area contributed by atoms with Crippen molar-refractivity contribution in [1.82, 2.24) is 0 Å². The van der Waals surface area contributed by atoms with E-state index in [1.807, 2.05) is 47.2 Å². The van der Waals surface area contributed by atoms with E-state index in [4.69, 9.17) is 9.47 Å². The van der Waals surface area contributed by atoms with Crippen molar-refractivity contribution in [3.05, 3.63) is 58.3 Å². The topological polar surface area (TPSA) is 64.6 Å². The van der Waals surface area contributed by atoms with Gasteiger partial charge in [0.05, 0.1) is 13.7 Å². The summed E-state index contributed by atoms with van der Waals surface area (Å²) in [7, 11) is 1.62. The monoisotopic (exact) mass is 415 g/mol. The predicted octanol–water partition coefficient (Wildman–Crippen LogP) is 5.23. The molecule has 28 heavy (non-hydrogen) atoms. The van der Waals surface area contributed by atoms with Crippen molar-refractivity contribution >= 4 is 39.6 Å². The number of nitrogens with one attached hydrogen (secondary N) is 1.